The summed E-state index contributed by atoms with van der Waals surface area (Å²) in [7, 11) is 1.45. The van der Waals surface area contributed by atoms with Crippen molar-refractivity contribution in [1.29, 1.82) is 0 Å². The summed E-state index contributed by atoms with van der Waals surface area (Å²) in [6.07, 6.45) is 1.03. The Morgan fingerprint density at radius 2 is 2.00 bits per heavy atom. The van der Waals surface area contributed by atoms with Crippen molar-refractivity contribution in [3.05, 3.63) is 80.0 Å². The number of thiophene rings is 1. The largest absolute Gasteiger partial charge is 0.497 e. The number of rotatable bonds is 5. The number of benzene rings is 2. The van der Waals surface area contributed by atoms with Gasteiger partial charge in [0.25, 0.3) is 11.6 Å². The molecule has 0 fully saturated rings. The molecule has 0 saturated heterocycles. The molecule has 7 nitrogen and oxygen atoms in total. The third kappa shape index (κ3) is 3.93. The van der Waals surface area contributed by atoms with Crippen LogP contribution >= 0.6 is 11.3 Å². The van der Waals surface area contributed by atoms with E-state index in [0.29, 0.717) is 11.4 Å². The summed E-state index contributed by atoms with van der Waals surface area (Å²) < 4.78 is 5.08. The maximum absolute atomic E-state index is 12.6. The number of nitrogens with zero attached hydrogens (tertiary/aromatic N) is 2. The number of hydrogen-bond donors (Lipinski definition) is 1. The molecule has 1 aromatic heterocycles. The summed E-state index contributed by atoms with van der Waals surface area (Å²) in [5, 5.41) is 16.1. The van der Waals surface area contributed by atoms with Gasteiger partial charge in [0.15, 0.2) is 0 Å². The van der Waals surface area contributed by atoms with E-state index in [1.165, 1.54) is 35.7 Å². The molecule has 0 bridgehead atoms. The topological polar surface area (TPSA) is 84.7 Å². The van der Waals surface area contributed by atoms with Gasteiger partial charge < -0.3 is 15.0 Å². The average Bonchev–Trinajstić information content (AvgIpc) is 3.21. The lowest BCUT2D eigenvalue weighted by Crippen LogP contribution is -2.29. The standard InChI is InChI=1S/C21H19N3O4S/c1-28-17-6-7-19(24(26)27)18(12-17)21(25)22-15-2-4-16(5-3-15)23-10-8-20-14(13-23)9-11-29-20/h2-7,9,11-12H,8,10,13H2,1H3,(H,22,25). The summed E-state index contributed by atoms with van der Waals surface area (Å²) >= 11 is 1.80. The lowest BCUT2D eigenvalue weighted by molar-refractivity contribution is -0.385. The normalized spacial score (nSPS) is 12.9. The molecule has 0 radical (unpaired) electrons. The highest BCUT2D eigenvalue weighted by Crippen LogP contribution is 2.29. The molecule has 0 saturated carbocycles. The number of hydrogen-bond acceptors (Lipinski definition) is 6. The molecular formula is C21H19N3O4S. The predicted octanol–water partition coefficient (Wildman–Crippen LogP) is 4.48. The number of amides is 1. The van der Waals surface area contributed by atoms with Gasteiger partial charge in [-0.25, -0.2) is 0 Å². The van der Waals surface area contributed by atoms with Gasteiger partial charge in [-0.1, -0.05) is 0 Å². The van der Waals surface area contributed by atoms with Crippen molar-refractivity contribution in [1.82, 2.24) is 0 Å². The smallest absolute Gasteiger partial charge is 0.282 e. The Balaban J connectivity index is 1.49. The SMILES string of the molecule is COc1ccc([N+](=O)[O-])c(C(=O)Nc2ccc(N3CCc4sccc4C3)cc2)c1. The first-order valence-corrected chi connectivity index (χ1v) is 9.97. The maximum atomic E-state index is 12.6. The summed E-state index contributed by atoms with van der Waals surface area (Å²) in [5.41, 5.74) is 2.71. The molecular weight excluding hydrogens is 390 g/mol. The van der Waals surface area contributed by atoms with Crippen LogP contribution in [0.5, 0.6) is 5.75 Å². The molecule has 29 heavy (non-hydrogen) atoms. The second-order valence-electron chi connectivity index (χ2n) is 6.68. The molecule has 1 amide bonds. The first-order valence-electron chi connectivity index (χ1n) is 9.09. The van der Waals surface area contributed by atoms with Gasteiger partial charge in [0.1, 0.15) is 11.3 Å². The van der Waals surface area contributed by atoms with Crippen LogP contribution in [0.25, 0.3) is 0 Å². The van der Waals surface area contributed by atoms with Crippen molar-refractivity contribution in [2.75, 3.05) is 23.9 Å². The summed E-state index contributed by atoms with van der Waals surface area (Å²) in [5.74, 6) is -0.168. The molecule has 0 unspecified atom stereocenters. The van der Waals surface area contributed by atoms with Gasteiger partial charge in [-0.05, 0) is 59.8 Å². The van der Waals surface area contributed by atoms with E-state index in [4.69, 9.17) is 4.74 Å². The van der Waals surface area contributed by atoms with Crippen molar-refractivity contribution >= 4 is 34.3 Å². The van der Waals surface area contributed by atoms with E-state index in [1.807, 2.05) is 24.3 Å². The Kier molecular flexibility index (Phi) is 5.18. The van der Waals surface area contributed by atoms with E-state index in [9.17, 15) is 14.9 Å². The maximum Gasteiger partial charge on any atom is 0.282 e. The monoisotopic (exact) mass is 409 g/mol. The van der Waals surface area contributed by atoms with Gasteiger partial charge in [-0.15, -0.1) is 11.3 Å². The molecule has 4 rings (SSSR count). The number of anilines is 2. The van der Waals surface area contributed by atoms with Gasteiger partial charge in [0.05, 0.1) is 12.0 Å². The molecule has 0 aliphatic carbocycles. The van der Waals surface area contributed by atoms with Crippen molar-refractivity contribution < 1.29 is 14.5 Å². The third-order valence-electron chi connectivity index (χ3n) is 4.94. The highest BCUT2D eigenvalue weighted by atomic mass is 32.1. The van der Waals surface area contributed by atoms with Crippen LogP contribution in [0.1, 0.15) is 20.8 Å². The Morgan fingerprint density at radius 3 is 2.72 bits per heavy atom. The first kappa shape index (κ1) is 18.9. The van der Waals surface area contributed by atoms with Gasteiger partial charge in [-0.2, -0.15) is 0 Å². The lowest BCUT2D eigenvalue weighted by Gasteiger charge is -2.29. The second-order valence-corrected chi connectivity index (χ2v) is 7.68. The van der Waals surface area contributed by atoms with Crippen LogP contribution in [0.15, 0.2) is 53.9 Å². The first-order chi connectivity index (χ1) is 14.0. The lowest BCUT2D eigenvalue weighted by atomic mass is 10.1. The zero-order chi connectivity index (χ0) is 20.4. The molecule has 2 heterocycles. The van der Waals surface area contributed by atoms with E-state index >= 15 is 0 Å². The Hall–Kier alpha value is -3.39. The minimum absolute atomic E-state index is 0.0422. The third-order valence-corrected chi connectivity index (χ3v) is 5.97. The molecule has 1 N–H and O–H groups in total. The fraction of sp³-hybridized carbons (Fsp3) is 0.190. The molecule has 1 aliphatic rings. The summed E-state index contributed by atoms with van der Waals surface area (Å²) in [6, 6.07) is 13.8. The van der Waals surface area contributed by atoms with Crippen LogP contribution in [0.4, 0.5) is 17.1 Å². The van der Waals surface area contributed by atoms with E-state index in [2.05, 4.69) is 21.7 Å². The number of ether oxygens (including phenoxy) is 1. The zero-order valence-corrected chi connectivity index (χ0v) is 16.6. The van der Waals surface area contributed by atoms with Crippen LogP contribution in [0.2, 0.25) is 0 Å². The second kappa shape index (κ2) is 7.92. The van der Waals surface area contributed by atoms with Crippen molar-refractivity contribution in [3.63, 3.8) is 0 Å². The quantitative estimate of drug-likeness (QED) is 0.496. The van der Waals surface area contributed by atoms with Crippen molar-refractivity contribution in [2.45, 2.75) is 13.0 Å². The average molecular weight is 409 g/mol. The fourth-order valence-corrected chi connectivity index (χ4v) is 4.30. The molecule has 0 atom stereocenters. The number of carbonyl (C=O) groups is 1. The highest BCUT2D eigenvalue weighted by Gasteiger charge is 2.22. The Bertz CT molecular complexity index is 1060. The summed E-state index contributed by atoms with van der Waals surface area (Å²) in [6.45, 7) is 1.83. The fourth-order valence-electron chi connectivity index (χ4n) is 3.41. The van der Waals surface area contributed by atoms with Crippen LogP contribution < -0.4 is 15.0 Å². The van der Waals surface area contributed by atoms with Gasteiger partial charge in [0, 0.05) is 35.4 Å². The van der Waals surface area contributed by atoms with Crippen LogP contribution in [0.3, 0.4) is 0 Å². The molecule has 148 valence electrons. The van der Waals surface area contributed by atoms with Crippen LogP contribution in [-0.4, -0.2) is 24.5 Å². The van der Waals surface area contributed by atoms with E-state index < -0.39 is 10.8 Å². The Labute approximate surface area is 171 Å². The van der Waals surface area contributed by atoms with Crippen LogP contribution in [0, 0.1) is 10.1 Å². The minimum atomic E-state index is -0.577. The number of nitrogens with one attached hydrogen (secondary N) is 1. The Morgan fingerprint density at radius 1 is 1.21 bits per heavy atom. The van der Waals surface area contributed by atoms with E-state index in [-0.39, 0.29) is 11.3 Å². The van der Waals surface area contributed by atoms with Gasteiger partial charge in [-0.3, -0.25) is 14.9 Å². The molecule has 1 aliphatic heterocycles. The molecule has 2 aromatic carbocycles. The van der Waals surface area contributed by atoms with Crippen LogP contribution in [-0.2, 0) is 13.0 Å². The van der Waals surface area contributed by atoms with E-state index in [0.717, 1.165) is 25.2 Å². The van der Waals surface area contributed by atoms with Crippen molar-refractivity contribution in [2.24, 2.45) is 0 Å². The van der Waals surface area contributed by atoms with E-state index in [1.54, 1.807) is 11.3 Å². The molecule has 3 aromatic rings. The predicted molar refractivity (Wildman–Crippen MR) is 113 cm³/mol. The number of fused-ring (bicyclic) bond motifs is 1. The minimum Gasteiger partial charge on any atom is -0.497 e. The zero-order valence-electron chi connectivity index (χ0n) is 15.8. The number of nitro benzene ring substituents is 1. The van der Waals surface area contributed by atoms with Crippen molar-refractivity contribution in [3.8, 4) is 5.75 Å². The number of nitro groups is 1. The molecule has 0 spiro atoms. The number of carbonyl (C=O) groups excluding carboxylic acids is 1. The summed E-state index contributed by atoms with van der Waals surface area (Å²) in [4.78, 5) is 27.0. The van der Waals surface area contributed by atoms with Gasteiger partial charge in [0.2, 0.25) is 0 Å². The highest BCUT2D eigenvalue weighted by molar-refractivity contribution is 7.10. The number of methoxy groups -OCH3 is 1. The molecule has 8 heteroatoms. The van der Waals surface area contributed by atoms with Gasteiger partial charge >= 0.3 is 0 Å².